The molecule has 1 aliphatic carbocycles. The van der Waals surface area contributed by atoms with Crippen LogP contribution in [0.2, 0.25) is 0 Å². The second-order valence-corrected chi connectivity index (χ2v) is 6.64. The normalized spacial score (nSPS) is 18.9. The van der Waals surface area contributed by atoms with Crippen LogP contribution in [0.5, 0.6) is 5.75 Å². The van der Waals surface area contributed by atoms with Gasteiger partial charge in [0.2, 0.25) is 0 Å². The molecule has 1 aromatic carbocycles. The van der Waals surface area contributed by atoms with Crippen molar-refractivity contribution in [1.29, 1.82) is 0 Å². The maximum absolute atomic E-state index is 10.6. The Morgan fingerprint density at radius 3 is 2.83 bits per heavy atom. The van der Waals surface area contributed by atoms with Crippen LogP contribution in [0.4, 0.5) is 0 Å². The van der Waals surface area contributed by atoms with Gasteiger partial charge in [-0.3, -0.25) is 0 Å². The first kappa shape index (κ1) is 16.3. The zero-order valence-corrected chi connectivity index (χ0v) is 14.1. The van der Waals surface area contributed by atoms with Gasteiger partial charge in [-0.15, -0.1) is 0 Å². The first-order valence-corrected chi connectivity index (χ1v) is 8.72. The first-order valence-electron chi connectivity index (χ1n) is 8.72. The lowest BCUT2D eigenvalue weighted by molar-refractivity contribution is 0.00258. The number of ether oxygens (including phenoxy) is 1. The number of nitrogens with one attached hydrogen (secondary N) is 1. The van der Waals surface area contributed by atoms with E-state index in [9.17, 15) is 5.11 Å². The minimum absolute atomic E-state index is 0.0582. The van der Waals surface area contributed by atoms with Crippen LogP contribution < -0.4 is 10.1 Å². The average Bonchev–Trinajstić information content (AvgIpc) is 2.99. The summed E-state index contributed by atoms with van der Waals surface area (Å²) >= 11 is 0. The van der Waals surface area contributed by atoms with Gasteiger partial charge in [-0.1, -0.05) is 31.4 Å². The maximum Gasteiger partial charge on any atom is 0.176 e. The van der Waals surface area contributed by atoms with Gasteiger partial charge in [-0.2, -0.15) is 0 Å². The molecule has 4 heteroatoms. The third-order valence-corrected chi connectivity index (χ3v) is 4.78. The Bertz CT molecular complexity index is 643. The van der Waals surface area contributed by atoms with Crippen molar-refractivity contribution >= 4 is 11.0 Å². The molecule has 0 bridgehead atoms. The molecule has 3 rings (SSSR count). The maximum atomic E-state index is 10.6. The van der Waals surface area contributed by atoms with Crippen LogP contribution in [0.3, 0.4) is 0 Å². The molecule has 4 nitrogen and oxygen atoms in total. The van der Waals surface area contributed by atoms with E-state index in [1.54, 1.807) is 0 Å². The number of hydrogen-bond donors (Lipinski definition) is 2. The van der Waals surface area contributed by atoms with Crippen molar-refractivity contribution in [2.45, 2.75) is 57.6 Å². The summed E-state index contributed by atoms with van der Waals surface area (Å²) in [4.78, 5) is 0. The second kappa shape index (κ2) is 6.93. The Kier molecular flexibility index (Phi) is 4.93. The predicted octanol–water partition coefficient (Wildman–Crippen LogP) is 4.18. The highest BCUT2D eigenvalue weighted by Crippen LogP contribution is 2.32. The molecule has 1 heterocycles. The van der Waals surface area contributed by atoms with Crippen LogP contribution in [0.1, 0.15) is 57.8 Å². The van der Waals surface area contributed by atoms with E-state index in [2.05, 4.69) is 18.3 Å². The number of benzene rings is 1. The minimum Gasteiger partial charge on any atom is -0.490 e. The van der Waals surface area contributed by atoms with Gasteiger partial charge < -0.3 is 19.6 Å². The first-order chi connectivity index (χ1) is 11.1. The van der Waals surface area contributed by atoms with Gasteiger partial charge in [-0.25, -0.2) is 0 Å². The predicted molar refractivity (Wildman–Crippen MR) is 91.8 cm³/mol. The standard InChI is InChI=1S/C19H27NO3/c1-3-22-16-9-7-8-15-12-17(23-18(15)16)14(2)20-13-19(21)10-5-4-6-11-19/h7-9,12,14,20-21H,3-6,10-11,13H2,1-2H3. The van der Waals surface area contributed by atoms with Gasteiger partial charge in [-0.05, 0) is 38.8 Å². The van der Waals surface area contributed by atoms with E-state index in [0.717, 1.165) is 48.2 Å². The summed E-state index contributed by atoms with van der Waals surface area (Å²) in [5, 5.41) is 15.1. The number of fused-ring (bicyclic) bond motifs is 1. The lowest BCUT2D eigenvalue weighted by Crippen LogP contribution is -2.42. The quantitative estimate of drug-likeness (QED) is 0.839. The third-order valence-electron chi connectivity index (χ3n) is 4.78. The van der Waals surface area contributed by atoms with Crippen LogP contribution in [0, 0.1) is 0 Å². The van der Waals surface area contributed by atoms with Gasteiger partial charge >= 0.3 is 0 Å². The molecule has 0 radical (unpaired) electrons. The summed E-state index contributed by atoms with van der Waals surface area (Å²) in [6.07, 6.45) is 5.26. The third kappa shape index (κ3) is 3.70. The molecular weight excluding hydrogens is 290 g/mol. The molecule has 2 aromatic rings. The summed E-state index contributed by atoms with van der Waals surface area (Å²) in [7, 11) is 0. The molecule has 126 valence electrons. The van der Waals surface area contributed by atoms with E-state index in [1.165, 1.54) is 6.42 Å². The van der Waals surface area contributed by atoms with Gasteiger partial charge in [0.05, 0.1) is 18.2 Å². The van der Waals surface area contributed by atoms with E-state index in [-0.39, 0.29) is 6.04 Å². The van der Waals surface area contributed by atoms with Crippen LogP contribution in [0.25, 0.3) is 11.0 Å². The monoisotopic (exact) mass is 317 g/mol. The lowest BCUT2D eigenvalue weighted by Gasteiger charge is -2.33. The van der Waals surface area contributed by atoms with Crippen molar-refractivity contribution in [3.05, 3.63) is 30.0 Å². The van der Waals surface area contributed by atoms with E-state index in [1.807, 2.05) is 25.1 Å². The molecule has 0 amide bonds. The fourth-order valence-corrected chi connectivity index (χ4v) is 3.37. The molecule has 0 spiro atoms. The number of aliphatic hydroxyl groups is 1. The Hall–Kier alpha value is -1.52. The summed E-state index contributed by atoms with van der Waals surface area (Å²) in [5.74, 6) is 1.67. The smallest absolute Gasteiger partial charge is 0.176 e. The second-order valence-electron chi connectivity index (χ2n) is 6.64. The van der Waals surface area contributed by atoms with Gasteiger partial charge in [0, 0.05) is 11.9 Å². The molecule has 0 aliphatic heterocycles. The molecule has 23 heavy (non-hydrogen) atoms. The molecule has 1 saturated carbocycles. The fourth-order valence-electron chi connectivity index (χ4n) is 3.37. The molecule has 1 aromatic heterocycles. The molecule has 1 atom stereocenters. The molecule has 1 fully saturated rings. The van der Waals surface area contributed by atoms with E-state index in [0.29, 0.717) is 13.2 Å². The SMILES string of the molecule is CCOc1cccc2cc(C(C)NCC3(O)CCCCC3)oc12. The fraction of sp³-hybridized carbons (Fsp3) is 0.579. The van der Waals surface area contributed by atoms with Crippen LogP contribution in [-0.4, -0.2) is 23.9 Å². The van der Waals surface area contributed by atoms with E-state index in [4.69, 9.17) is 9.15 Å². The molecule has 1 unspecified atom stereocenters. The summed E-state index contributed by atoms with van der Waals surface area (Å²) in [6.45, 7) is 5.28. The molecule has 2 N–H and O–H groups in total. The zero-order valence-electron chi connectivity index (χ0n) is 14.1. The van der Waals surface area contributed by atoms with Gasteiger partial charge in [0.25, 0.3) is 0 Å². The Morgan fingerprint density at radius 2 is 2.09 bits per heavy atom. The molecular formula is C19H27NO3. The molecule has 0 saturated heterocycles. The number of para-hydroxylation sites is 1. The number of rotatable bonds is 6. The highest BCUT2D eigenvalue weighted by atomic mass is 16.5. The topological polar surface area (TPSA) is 54.6 Å². The van der Waals surface area contributed by atoms with Crippen LogP contribution >= 0.6 is 0 Å². The highest BCUT2D eigenvalue weighted by molar-refractivity contribution is 5.83. The number of hydrogen-bond acceptors (Lipinski definition) is 4. The van der Waals surface area contributed by atoms with E-state index < -0.39 is 5.60 Å². The van der Waals surface area contributed by atoms with Crippen molar-refractivity contribution in [3.63, 3.8) is 0 Å². The summed E-state index contributed by atoms with van der Waals surface area (Å²) < 4.78 is 11.6. The van der Waals surface area contributed by atoms with Crippen molar-refractivity contribution in [3.8, 4) is 5.75 Å². The Morgan fingerprint density at radius 1 is 1.30 bits per heavy atom. The van der Waals surface area contributed by atoms with E-state index >= 15 is 0 Å². The van der Waals surface area contributed by atoms with Gasteiger partial charge in [0.15, 0.2) is 11.3 Å². The summed E-state index contributed by atoms with van der Waals surface area (Å²) in [6, 6.07) is 8.06. The largest absolute Gasteiger partial charge is 0.490 e. The number of furan rings is 1. The van der Waals surface area contributed by atoms with Crippen LogP contribution in [0.15, 0.2) is 28.7 Å². The van der Waals surface area contributed by atoms with Crippen molar-refractivity contribution < 1.29 is 14.3 Å². The average molecular weight is 317 g/mol. The minimum atomic E-state index is -0.561. The Balaban J connectivity index is 1.70. The van der Waals surface area contributed by atoms with Gasteiger partial charge in [0.1, 0.15) is 5.76 Å². The van der Waals surface area contributed by atoms with Crippen molar-refractivity contribution in [2.24, 2.45) is 0 Å². The lowest BCUT2D eigenvalue weighted by atomic mass is 9.85. The van der Waals surface area contributed by atoms with Crippen molar-refractivity contribution in [1.82, 2.24) is 5.32 Å². The Labute approximate surface area is 137 Å². The van der Waals surface area contributed by atoms with Crippen molar-refractivity contribution in [2.75, 3.05) is 13.2 Å². The van der Waals surface area contributed by atoms with Crippen LogP contribution in [-0.2, 0) is 0 Å². The highest BCUT2D eigenvalue weighted by Gasteiger charge is 2.29. The summed E-state index contributed by atoms with van der Waals surface area (Å²) in [5.41, 5.74) is 0.240. The molecule has 1 aliphatic rings. The zero-order chi connectivity index (χ0) is 16.3.